The molecular weight excluding hydrogens is 264 g/mol. The van der Waals surface area contributed by atoms with Gasteiger partial charge in [0, 0.05) is 11.9 Å². The van der Waals surface area contributed by atoms with Crippen LogP contribution in [0.15, 0.2) is 30.3 Å². The number of para-hydroxylation sites is 1. The van der Waals surface area contributed by atoms with Crippen LogP contribution in [0, 0.1) is 6.92 Å². The molecule has 2 aromatic heterocycles. The number of tetrazole rings is 1. The number of fused-ring (bicyclic) bond motifs is 1. The predicted octanol–water partition coefficient (Wildman–Crippen LogP) is 1.94. The van der Waals surface area contributed by atoms with Gasteiger partial charge in [0.2, 0.25) is 5.82 Å². The van der Waals surface area contributed by atoms with Gasteiger partial charge in [-0.25, -0.2) is 9.67 Å². The topological polar surface area (TPSA) is 82.5 Å². The smallest absolute Gasteiger partial charge is 0.200 e. The Morgan fingerprint density at radius 1 is 1.19 bits per heavy atom. The number of benzene rings is 1. The molecule has 2 N–H and O–H groups in total. The molecule has 0 spiro atoms. The zero-order valence-electron chi connectivity index (χ0n) is 12.0. The number of unbranched alkanes of at least 4 members (excludes halogenated alkanes) is 1. The molecule has 108 valence electrons. The van der Waals surface area contributed by atoms with Gasteiger partial charge < -0.3 is 5.73 Å². The van der Waals surface area contributed by atoms with Gasteiger partial charge in [0.25, 0.3) is 0 Å². The van der Waals surface area contributed by atoms with Crippen LogP contribution < -0.4 is 5.73 Å². The van der Waals surface area contributed by atoms with Crippen LogP contribution >= 0.6 is 0 Å². The number of rotatable bonds is 5. The lowest BCUT2D eigenvalue weighted by atomic mass is 10.1. The standard InChI is InChI=1S/C15H18N6/c1-11-10-14(17-13-7-3-2-6-12(11)13)15-18-19-20-21(15)9-5-4-8-16/h2-3,6-7,10H,4-5,8-9,16H2,1H3. The fourth-order valence-corrected chi connectivity index (χ4v) is 2.41. The average molecular weight is 282 g/mol. The van der Waals surface area contributed by atoms with E-state index in [-0.39, 0.29) is 0 Å². The van der Waals surface area contributed by atoms with E-state index in [0.717, 1.165) is 36.0 Å². The molecule has 0 fully saturated rings. The lowest BCUT2D eigenvalue weighted by Crippen LogP contribution is -2.07. The Balaban J connectivity index is 1.99. The zero-order chi connectivity index (χ0) is 14.7. The van der Waals surface area contributed by atoms with Gasteiger partial charge in [-0.3, -0.25) is 0 Å². The normalized spacial score (nSPS) is 11.1. The highest BCUT2D eigenvalue weighted by Crippen LogP contribution is 2.22. The summed E-state index contributed by atoms with van der Waals surface area (Å²) in [5.74, 6) is 0.709. The van der Waals surface area contributed by atoms with Crippen molar-refractivity contribution in [2.45, 2.75) is 26.3 Å². The van der Waals surface area contributed by atoms with E-state index in [9.17, 15) is 0 Å². The summed E-state index contributed by atoms with van der Waals surface area (Å²) < 4.78 is 1.80. The molecule has 2 heterocycles. The minimum atomic E-state index is 0.685. The largest absolute Gasteiger partial charge is 0.330 e. The second-order valence-corrected chi connectivity index (χ2v) is 5.06. The van der Waals surface area contributed by atoms with Crippen molar-refractivity contribution in [3.8, 4) is 11.5 Å². The van der Waals surface area contributed by atoms with Gasteiger partial charge in [-0.05, 0) is 54.4 Å². The van der Waals surface area contributed by atoms with Gasteiger partial charge in [-0.2, -0.15) is 0 Å². The Bertz CT molecular complexity index is 749. The zero-order valence-corrected chi connectivity index (χ0v) is 12.0. The second-order valence-electron chi connectivity index (χ2n) is 5.06. The molecule has 0 atom stereocenters. The summed E-state index contributed by atoms with van der Waals surface area (Å²) in [7, 11) is 0. The van der Waals surface area contributed by atoms with E-state index in [0.29, 0.717) is 12.4 Å². The molecule has 0 saturated carbocycles. The number of aryl methyl sites for hydroxylation is 2. The van der Waals surface area contributed by atoms with Crippen LogP contribution in [0.3, 0.4) is 0 Å². The van der Waals surface area contributed by atoms with Gasteiger partial charge in [0.15, 0.2) is 0 Å². The van der Waals surface area contributed by atoms with Crippen molar-refractivity contribution < 1.29 is 0 Å². The molecule has 0 aliphatic heterocycles. The minimum absolute atomic E-state index is 0.685. The maximum atomic E-state index is 5.53. The van der Waals surface area contributed by atoms with Crippen molar-refractivity contribution in [2.24, 2.45) is 5.73 Å². The Hall–Kier alpha value is -2.34. The summed E-state index contributed by atoms with van der Waals surface area (Å²) in [5.41, 5.74) is 8.47. The van der Waals surface area contributed by atoms with E-state index in [1.807, 2.05) is 24.3 Å². The highest BCUT2D eigenvalue weighted by Gasteiger charge is 2.12. The maximum absolute atomic E-state index is 5.53. The highest BCUT2D eigenvalue weighted by atomic mass is 15.5. The fraction of sp³-hybridized carbons (Fsp3) is 0.333. The number of pyridine rings is 1. The second kappa shape index (κ2) is 5.97. The molecule has 0 aliphatic rings. The summed E-state index contributed by atoms with van der Waals surface area (Å²) in [4.78, 5) is 4.68. The predicted molar refractivity (Wildman–Crippen MR) is 81.6 cm³/mol. The molecule has 3 rings (SSSR count). The van der Waals surface area contributed by atoms with E-state index in [1.54, 1.807) is 4.68 Å². The molecule has 0 bridgehead atoms. The van der Waals surface area contributed by atoms with Crippen molar-refractivity contribution in [1.29, 1.82) is 0 Å². The summed E-state index contributed by atoms with van der Waals surface area (Å²) in [6, 6.07) is 10.1. The van der Waals surface area contributed by atoms with E-state index < -0.39 is 0 Å². The van der Waals surface area contributed by atoms with Crippen LogP contribution in [0.25, 0.3) is 22.4 Å². The van der Waals surface area contributed by atoms with Crippen molar-refractivity contribution in [3.63, 3.8) is 0 Å². The Labute approximate surface area is 123 Å². The van der Waals surface area contributed by atoms with Gasteiger partial charge in [0.05, 0.1) is 5.52 Å². The number of nitrogens with two attached hydrogens (primary N) is 1. The van der Waals surface area contributed by atoms with Gasteiger partial charge in [0.1, 0.15) is 5.69 Å². The first kappa shape index (κ1) is 13.6. The Morgan fingerprint density at radius 2 is 2.05 bits per heavy atom. The van der Waals surface area contributed by atoms with Crippen molar-refractivity contribution >= 4 is 10.9 Å². The quantitative estimate of drug-likeness (QED) is 0.723. The SMILES string of the molecule is Cc1cc(-c2nnnn2CCCCN)nc2ccccc12. The number of aromatic nitrogens is 5. The maximum Gasteiger partial charge on any atom is 0.200 e. The summed E-state index contributed by atoms with van der Waals surface area (Å²) in [6.07, 6.45) is 1.92. The fourth-order valence-electron chi connectivity index (χ4n) is 2.41. The molecule has 0 amide bonds. The molecule has 3 aromatic rings. The molecule has 21 heavy (non-hydrogen) atoms. The van der Waals surface area contributed by atoms with E-state index in [1.165, 1.54) is 5.56 Å². The first-order valence-electron chi connectivity index (χ1n) is 7.12. The molecule has 1 aromatic carbocycles. The van der Waals surface area contributed by atoms with Crippen LogP contribution in [-0.2, 0) is 6.54 Å². The molecule has 0 radical (unpaired) electrons. The third-order valence-corrected chi connectivity index (χ3v) is 3.51. The summed E-state index contributed by atoms with van der Waals surface area (Å²) in [5, 5.41) is 13.1. The molecule has 0 aliphatic carbocycles. The van der Waals surface area contributed by atoms with E-state index in [4.69, 9.17) is 5.73 Å². The summed E-state index contributed by atoms with van der Waals surface area (Å²) in [6.45, 7) is 3.52. The van der Waals surface area contributed by atoms with Crippen molar-refractivity contribution in [3.05, 3.63) is 35.9 Å². The molecule has 6 nitrogen and oxygen atoms in total. The molecular formula is C15H18N6. The molecule has 6 heteroatoms. The Morgan fingerprint density at radius 3 is 2.90 bits per heavy atom. The van der Waals surface area contributed by atoms with Crippen LogP contribution in [0.5, 0.6) is 0 Å². The Kier molecular flexibility index (Phi) is 3.87. The first-order valence-corrected chi connectivity index (χ1v) is 7.12. The summed E-state index contributed by atoms with van der Waals surface area (Å²) >= 11 is 0. The van der Waals surface area contributed by atoms with Crippen LogP contribution in [0.4, 0.5) is 0 Å². The van der Waals surface area contributed by atoms with Gasteiger partial charge in [-0.15, -0.1) is 5.10 Å². The van der Waals surface area contributed by atoms with Crippen LogP contribution in [0.2, 0.25) is 0 Å². The molecule has 0 saturated heterocycles. The number of nitrogens with zero attached hydrogens (tertiary/aromatic N) is 5. The average Bonchev–Trinajstić information content (AvgIpc) is 2.96. The first-order chi connectivity index (χ1) is 10.3. The number of hydrogen-bond acceptors (Lipinski definition) is 5. The molecule has 0 unspecified atom stereocenters. The monoisotopic (exact) mass is 282 g/mol. The third-order valence-electron chi connectivity index (χ3n) is 3.51. The lowest BCUT2D eigenvalue weighted by molar-refractivity contribution is 0.548. The van der Waals surface area contributed by atoms with E-state index >= 15 is 0 Å². The highest BCUT2D eigenvalue weighted by molar-refractivity contribution is 5.84. The van der Waals surface area contributed by atoms with Crippen LogP contribution in [0.1, 0.15) is 18.4 Å². The van der Waals surface area contributed by atoms with Crippen LogP contribution in [-0.4, -0.2) is 31.7 Å². The minimum Gasteiger partial charge on any atom is -0.330 e. The van der Waals surface area contributed by atoms with E-state index in [2.05, 4.69) is 33.5 Å². The van der Waals surface area contributed by atoms with Gasteiger partial charge >= 0.3 is 0 Å². The third kappa shape index (κ3) is 2.75. The van der Waals surface area contributed by atoms with Crippen molar-refractivity contribution in [2.75, 3.05) is 6.54 Å². The van der Waals surface area contributed by atoms with Gasteiger partial charge in [-0.1, -0.05) is 18.2 Å². The lowest BCUT2D eigenvalue weighted by Gasteiger charge is -2.07. The van der Waals surface area contributed by atoms with Crippen molar-refractivity contribution in [1.82, 2.24) is 25.2 Å². The number of hydrogen-bond donors (Lipinski definition) is 1.